The minimum atomic E-state index is -0.783. The Morgan fingerprint density at radius 3 is 2.14 bits per heavy atom. The smallest absolute Gasteiger partial charge is 0.243 e. The molecule has 4 rings (SSSR count). The Balaban J connectivity index is 1.64. The second-order valence-electron chi connectivity index (χ2n) is 8.73. The SMILES string of the molecule is O=C(NCc1ccncc1)[C@@H](Cc1ccccc1)N(Cc1ccc(F)cc1)C(=O)Cc1ccc(Cl)cc1. The molecule has 3 aromatic carbocycles. The van der Waals surface area contributed by atoms with Gasteiger partial charge in [-0.05, 0) is 58.7 Å². The van der Waals surface area contributed by atoms with Crippen molar-refractivity contribution in [1.29, 1.82) is 0 Å². The van der Waals surface area contributed by atoms with Crippen molar-refractivity contribution in [2.75, 3.05) is 0 Å². The summed E-state index contributed by atoms with van der Waals surface area (Å²) in [5.41, 5.74) is 3.34. The number of amides is 2. The zero-order valence-corrected chi connectivity index (χ0v) is 20.9. The van der Waals surface area contributed by atoms with Gasteiger partial charge >= 0.3 is 0 Å². The van der Waals surface area contributed by atoms with Crippen LogP contribution in [0.25, 0.3) is 0 Å². The zero-order valence-electron chi connectivity index (χ0n) is 20.2. The van der Waals surface area contributed by atoms with Crippen LogP contribution in [0.15, 0.2) is 103 Å². The van der Waals surface area contributed by atoms with Crippen molar-refractivity contribution < 1.29 is 14.0 Å². The highest BCUT2D eigenvalue weighted by atomic mass is 35.5. The van der Waals surface area contributed by atoms with Crippen LogP contribution in [-0.4, -0.2) is 27.7 Å². The molecule has 188 valence electrons. The molecule has 0 spiro atoms. The van der Waals surface area contributed by atoms with Crippen LogP contribution < -0.4 is 5.32 Å². The fourth-order valence-corrected chi connectivity index (χ4v) is 4.15. The molecule has 7 heteroatoms. The van der Waals surface area contributed by atoms with Gasteiger partial charge in [-0.15, -0.1) is 0 Å². The Morgan fingerprint density at radius 2 is 1.46 bits per heavy atom. The molecule has 0 fully saturated rings. The third kappa shape index (κ3) is 7.72. The largest absolute Gasteiger partial charge is 0.350 e. The summed E-state index contributed by atoms with van der Waals surface area (Å²) in [5, 5.41) is 3.56. The number of pyridine rings is 1. The number of hydrogen-bond donors (Lipinski definition) is 1. The predicted octanol–water partition coefficient (Wildman–Crippen LogP) is 5.37. The van der Waals surface area contributed by atoms with E-state index in [1.165, 1.54) is 12.1 Å². The summed E-state index contributed by atoms with van der Waals surface area (Å²) >= 11 is 6.02. The highest BCUT2D eigenvalue weighted by Gasteiger charge is 2.30. The lowest BCUT2D eigenvalue weighted by molar-refractivity contribution is -0.140. The fraction of sp³-hybridized carbons (Fsp3) is 0.167. The maximum absolute atomic E-state index is 13.7. The minimum Gasteiger partial charge on any atom is -0.350 e. The molecule has 0 aliphatic rings. The molecule has 2 amide bonds. The normalized spacial score (nSPS) is 11.5. The maximum Gasteiger partial charge on any atom is 0.243 e. The molecular formula is C30H27ClFN3O2. The minimum absolute atomic E-state index is 0.0985. The molecule has 0 aliphatic heterocycles. The van der Waals surface area contributed by atoms with Gasteiger partial charge in [0, 0.05) is 36.9 Å². The third-order valence-corrected chi connectivity index (χ3v) is 6.27. The number of rotatable bonds is 10. The average Bonchev–Trinajstić information content (AvgIpc) is 2.92. The first kappa shape index (κ1) is 26.0. The second-order valence-corrected chi connectivity index (χ2v) is 9.17. The van der Waals surface area contributed by atoms with Gasteiger partial charge in [0.05, 0.1) is 6.42 Å². The van der Waals surface area contributed by atoms with Crippen molar-refractivity contribution in [2.45, 2.75) is 32.0 Å². The molecule has 1 atom stereocenters. The maximum atomic E-state index is 13.7. The van der Waals surface area contributed by atoms with Gasteiger partial charge < -0.3 is 10.2 Å². The highest BCUT2D eigenvalue weighted by molar-refractivity contribution is 6.30. The third-order valence-electron chi connectivity index (χ3n) is 6.02. The number of halogens is 2. The Morgan fingerprint density at radius 1 is 0.811 bits per heavy atom. The number of carbonyl (C=O) groups is 2. The van der Waals surface area contributed by atoms with E-state index >= 15 is 0 Å². The van der Waals surface area contributed by atoms with Crippen LogP contribution in [0.4, 0.5) is 4.39 Å². The van der Waals surface area contributed by atoms with Gasteiger partial charge in [-0.3, -0.25) is 14.6 Å². The Kier molecular flexibility index (Phi) is 9.00. The molecule has 1 heterocycles. The number of nitrogens with zero attached hydrogens (tertiary/aromatic N) is 2. The van der Waals surface area contributed by atoms with E-state index in [1.807, 2.05) is 42.5 Å². The fourth-order valence-electron chi connectivity index (χ4n) is 4.03. The van der Waals surface area contributed by atoms with Gasteiger partial charge in [-0.25, -0.2) is 4.39 Å². The first-order chi connectivity index (χ1) is 18.0. The van der Waals surface area contributed by atoms with E-state index in [1.54, 1.807) is 53.7 Å². The summed E-state index contributed by atoms with van der Waals surface area (Å²) in [7, 11) is 0. The van der Waals surface area contributed by atoms with E-state index in [2.05, 4.69) is 10.3 Å². The van der Waals surface area contributed by atoms with Gasteiger partial charge in [0.15, 0.2) is 0 Å². The van der Waals surface area contributed by atoms with Crippen LogP contribution in [0.1, 0.15) is 22.3 Å². The van der Waals surface area contributed by atoms with Crippen molar-refractivity contribution in [3.05, 3.63) is 136 Å². The summed E-state index contributed by atoms with van der Waals surface area (Å²) in [6, 6.07) is 25.5. The molecule has 0 saturated carbocycles. The summed E-state index contributed by atoms with van der Waals surface area (Å²) in [6.45, 7) is 0.468. The lowest BCUT2D eigenvalue weighted by atomic mass is 10.0. The van der Waals surface area contributed by atoms with E-state index in [4.69, 9.17) is 11.6 Å². The van der Waals surface area contributed by atoms with Crippen LogP contribution >= 0.6 is 11.6 Å². The van der Waals surface area contributed by atoms with Crippen molar-refractivity contribution in [3.63, 3.8) is 0 Å². The first-order valence-electron chi connectivity index (χ1n) is 12.0. The van der Waals surface area contributed by atoms with Gasteiger partial charge in [-0.1, -0.05) is 66.2 Å². The lowest BCUT2D eigenvalue weighted by Gasteiger charge is -2.31. The summed E-state index contributed by atoms with van der Waals surface area (Å²) < 4.78 is 13.6. The van der Waals surface area contributed by atoms with E-state index in [9.17, 15) is 14.0 Å². The molecule has 5 nitrogen and oxygen atoms in total. The molecule has 0 aliphatic carbocycles. The van der Waals surface area contributed by atoms with Gasteiger partial charge in [0.2, 0.25) is 11.8 Å². The Hall–Kier alpha value is -4.03. The van der Waals surface area contributed by atoms with Crippen molar-refractivity contribution in [2.24, 2.45) is 0 Å². The molecule has 0 radical (unpaired) electrons. The molecule has 0 unspecified atom stereocenters. The summed E-state index contributed by atoms with van der Waals surface area (Å²) in [6.07, 6.45) is 3.76. The molecular weight excluding hydrogens is 489 g/mol. The molecule has 37 heavy (non-hydrogen) atoms. The molecule has 1 N–H and O–H groups in total. The second kappa shape index (κ2) is 12.8. The molecule has 0 saturated heterocycles. The van der Waals surface area contributed by atoms with Crippen LogP contribution in [0.3, 0.4) is 0 Å². The van der Waals surface area contributed by atoms with Crippen molar-refractivity contribution in [3.8, 4) is 0 Å². The van der Waals surface area contributed by atoms with Gasteiger partial charge in [0.25, 0.3) is 0 Å². The number of aromatic nitrogens is 1. The average molecular weight is 516 g/mol. The topological polar surface area (TPSA) is 62.3 Å². The van der Waals surface area contributed by atoms with Crippen LogP contribution in [-0.2, 0) is 35.5 Å². The van der Waals surface area contributed by atoms with Crippen molar-refractivity contribution >= 4 is 23.4 Å². The lowest BCUT2D eigenvalue weighted by Crippen LogP contribution is -2.50. The number of benzene rings is 3. The molecule has 4 aromatic rings. The Bertz CT molecular complexity index is 1300. The van der Waals surface area contributed by atoms with Crippen LogP contribution in [0, 0.1) is 5.82 Å². The molecule has 1 aromatic heterocycles. The zero-order chi connectivity index (χ0) is 26.0. The number of carbonyl (C=O) groups excluding carboxylic acids is 2. The van der Waals surface area contributed by atoms with E-state index in [0.29, 0.717) is 18.0 Å². The van der Waals surface area contributed by atoms with Crippen LogP contribution in [0.5, 0.6) is 0 Å². The van der Waals surface area contributed by atoms with Crippen LogP contribution in [0.2, 0.25) is 5.02 Å². The monoisotopic (exact) mass is 515 g/mol. The number of hydrogen-bond acceptors (Lipinski definition) is 3. The van der Waals surface area contributed by atoms with Crippen molar-refractivity contribution in [1.82, 2.24) is 15.2 Å². The molecule has 0 bridgehead atoms. The van der Waals surface area contributed by atoms with Gasteiger partial charge in [-0.2, -0.15) is 0 Å². The van der Waals surface area contributed by atoms with Gasteiger partial charge in [0.1, 0.15) is 11.9 Å². The van der Waals surface area contributed by atoms with E-state index < -0.39 is 6.04 Å². The Labute approximate surface area is 220 Å². The van der Waals surface area contributed by atoms with E-state index in [0.717, 1.165) is 22.3 Å². The summed E-state index contributed by atoms with van der Waals surface area (Å²) in [5.74, 6) is -0.849. The predicted molar refractivity (Wildman–Crippen MR) is 142 cm³/mol. The summed E-state index contributed by atoms with van der Waals surface area (Å²) in [4.78, 5) is 32.9. The standard InChI is InChI=1S/C30H27ClFN3O2/c31-26-10-6-23(7-11-26)19-29(36)35(21-25-8-12-27(32)13-9-25)28(18-22-4-2-1-3-5-22)30(37)34-20-24-14-16-33-17-15-24/h1-17,28H,18-21H2,(H,34,37)/t28-/m1/s1. The number of nitrogens with one attached hydrogen (secondary N) is 1. The van der Waals surface area contributed by atoms with E-state index in [-0.39, 0.29) is 30.6 Å². The first-order valence-corrected chi connectivity index (χ1v) is 12.3. The highest BCUT2D eigenvalue weighted by Crippen LogP contribution is 2.18. The quantitative estimate of drug-likeness (QED) is 0.309.